The number of carbonyl (C=O) groups is 3. The van der Waals surface area contributed by atoms with Crippen LogP contribution >= 0.6 is 0 Å². The number of rotatable bonds is 8. The minimum atomic E-state index is -0.726. The van der Waals surface area contributed by atoms with Crippen LogP contribution in [0.3, 0.4) is 0 Å². The molecule has 0 saturated heterocycles. The molecule has 0 heterocycles. The molecule has 0 spiro atoms. The van der Waals surface area contributed by atoms with Gasteiger partial charge in [-0.05, 0) is 145 Å². The Bertz CT molecular complexity index is 2060. The van der Waals surface area contributed by atoms with Crippen molar-refractivity contribution < 1.29 is 49.4 Å². The first kappa shape index (κ1) is 41.4. The van der Waals surface area contributed by atoms with Crippen LogP contribution in [0.25, 0.3) is 12.2 Å². The molecule has 2 aromatic rings. The number of aromatic hydroxyl groups is 4. The first-order valence-corrected chi connectivity index (χ1v) is 20.9. The number of aliphatic carboxylic acids is 1. The Hall–Kier alpha value is -4.73. The molecule has 9 unspecified atom stereocenters. The Morgan fingerprint density at radius 2 is 1.36 bits per heavy atom. The van der Waals surface area contributed by atoms with Crippen LogP contribution in [0.1, 0.15) is 110 Å². The second-order valence-electron chi connectivity index (χ2n) is 19.9. The second-order valence-corrected chi connectivity index (χ2v) is 19.9. The number of benzene rings is 2. The Balaban J connectivity index is 1.18. The highest BCUT2D eigenvalue weighted by Crippen LogP contribution is 2.75. The number of phenols is 4. The molecule has 10 nitrogen and oxygen atoms in total. The maximum Gasteiger partial charge on any atom is 0.331 e. The van der Waals surface area contributed by atoms with Crippen LogP contribution in [0.4, 0.5) is 0 Å². The molecular formula is C48H60O10. The summed E-state index contributed by atoms with van der Waals surface area (Å²) in [7, 11) is 0. The van der Waals surface area contributed by atoms with Gasteiger partial charge in [0.1, 0.15) is 12.7 Å². The number of carboxylic acids is 1. The molecule has 4 fully saturated rings. The fourth-order valence-corrected chi connectivity index (χ4v) is 13.2. The molecule has 0 bridgehead atoms. The third-order valence-corrected chi connectivity index (χ3v) is 15.9. The molecule has 5 aliphatic rings. The van der Waals surface area contributed by atoms with Gasteiger partial charge in [-0.1, -0.05) is 65.3 Å². The van der Waals surface area contributed by atoms with E-state index in [4.69, 9.17) is 9.47 Å². The van der Waals surface area contributed by atoms with Gasteiger partial charge in [-0.15, -0.1) is 0 Å². The Labute approximate surface area is 341 Å². The van der Waals surface area contributed by atoms with E-state index in [0.29, 0.717) is 24.0 Å². The van der Waals surface area contributed by atoms with E-state index < -0.39 is 29.2 Å². The number of ether oxygens (including phenoxy) is 2. The summed E-state index contributed by atoms with van der Waals surface area (Å²) in [6.07, 6.45) is 15.2. The van der Waals surface area contributed by atoms with Crippen LogP contribution in [0.5, 0.6) is 23.0 Å². The second kappa shape index (κ2) is 14.8. The smallest absolute Gasteiger partial charge is 0.331 e. The van der Waals surface area contributed by atoms with Crippen molar-refractivity contribution in [3.8, 4) is 23.0 Å². The van der Waals surface area contributed by atoms with Crippen molar-refractivity contribution in [2.75, 3.05) is 6.61 Å². The van der Waals surface area contributed by atoms with Gasteiger partial charge in [0.2, 0.25) is 0 Å². The number of esters is 2. The molecule has 0 amide bonds. The van der Waals surface area contributed by atoms with E-state index in [-0.39, 0.29) is 81.0 Å². The Morgan fingerprint density at radius 3 is 1.97 bits per heavy atom. The normalized spacial score (nSPS) is 34.8. The summed E-state index contributed by atoms with van der Waals surface area (Å²) in [6.45, 7) is 13.8. The number of allylic oxidation sites excluding steroid dienone is 1. The lowest BCUT2D eigenvalue weighted by Gasteiger charge is -2.71. The zero-order valence-electron chi connectivity index (χ0n) is 34.7. The van der Waals surface area contributed by atoms with Crippen LogP contribution in [-0.2, 0) is 23.9 Å². The van der Waals surface area contributed by atoms with Gasteiger partial charge in [-0.3, -0.25) is 4.79 Å². The monoisotopic (exact) mass is 796 g/mol. The first-order chi connectivity index (χ1) is 27.2. The van der Waals surface area contributed by atoms with Crippen LogP contribution in [0, 0.1) is 56.7 Å². The van der Waals surface area contributed by atoms with Gasteiger partial charge in [-0.25, -0.2) is 9.59 Å². The molecule has 7 rings (SSSR count). The molecule has 5 N–H and O–H groups in total. The van der Waals surface area contributed by atoms with Crippen molar-refractivity contribution in [2.45, 2.75) is 105 Å². The summed E-state index contributed by atoms with van der Waals surface area (Å²) in [5.74, 6) is -2.56. The van der Waals surface area contributed by atoms with E-state index >= 15 is 0 Å². The van der Waals surface area contributed by atoms with Crippen molar-refractivity contribution in [2.24, 2.45) is 56.7 Å². The van der Waals surface area contributed by atoms with Crippen LogP contribution in [0.2, 0.25) is 0 Å². The highest BCUT2D eigenvalue weighted by molar-refractivity contribution is 5.88. The average Bonchev–Trinajstić information content (AvgIpc) is 3.15. The van der Waals surface area contributed by atoms with E-state index in [9.17, 15) is 39.9 Å². The number of fused-ring (bicyclic) bond motifs is 7. The van der Waals surface area contributed by atoms with Crippen LogP contribution < -0.4 is 0 Å². The van der Waals surface area contributed by atoms with Crippen molar-refractivity contribution in [3.05, 3.63) is 71.3 Å². The predicted octanol–water partition coefficient (Wildman–Crippen LogP) is 9.41. The summed E-state index contributed by atoms with van der Waals surface area (Å²) in [4.78, 5) is 39.5. The minimum absolute atomic E-state index is 0.0209. The van der Waals surface area contributed by atoms with Crippen molar-refractivity contribution in [1.29, 1.82) is 0 Å². The Kier molecular flexibility index (Phi) is 10.6. The fraction of sp³-hybridized carbons (Fsp3) is 0.562. The SMILES string of the molecule is CC1(C)CC(C(=O)O)C2CCC3(COC(=O)C=Cc4ccc(O)c(O)c4)C(=CCC4C5(C)CCC(OC(=O)C=Cc6ccc(O)c(O)c6)C(C)(C)C5CCC43C)C2C1. The number of carbonyl (C=O) groups excluding carboxylic acids is 2. The maximum absolute atomic E-state index is 13.5. The lowest BCUT2D eigenvalue weighted by Crippen LogP contribution is -2.66. The molecule has 9 atom stereocenters. The molecule has 58 heavy (non-hydrogen) atoms. The number of hydrogen-bond donors (Lipinski definition) is 5. The van der Waals surface area contributed by atoms with Gasteiger partial charge in [0.05, 0.1) is 5.92 Å². The van der Waals surface area contributed by atoms with Gasteiger partial charge in [0, 0.05) is 23.0 Å². The van der Waals surface area contributed by atoms with Gasteiger partial charge >= 0.3 is 17.9 Å². The molecule has 4 saturated carbocycles. The maximum atomic E-state index is 13.5. The van der Waals surface area contributed by atoms with Gasteiger partial charge < -0.3 is 35.0 Å². The van der Waals surface area contributed by atoms with Crippen molar-refractivity contribution in [3.63, 3.8) is 0 Å². The number of phenolic OH excluding ortho intramolecular Hbond substituents is 4. The van der Waals surface area contributed by atoms with Crippen LogP contribution in [0.15, 0.2) is 60.2 Å². The molecule has 0 aromatic heterocycles. The molecule has 0 aliphatic heterocycles. The molecule has 0 radical (unpaired) electrons. The van der Waals surface area contributed by atoms with Gasteiger partial charge in [0.25, 0.3) is 0 Å². The topological polar surface area (TPSA) is 171 Å². The quantitative estimate of drug-likeness (QED) is 0.0751. The molecular weight excluding hydrogens is 737 g/mol. The molecule has 5 aliphatic carbocycles. The largest absolute Gasteiger partial charge is 0.504 e. The van der Waals surface area contributed by atoms with Crippen molar-refractivity contribution in [1.82, 2.24) is 0 Å². The van der Waals surface area contributed by atoms with E-state index in [1.54, 1.807) is 24.3 Å². The summed E-state index contributed by atoms with van der Waals surface area (Å²) >= 11 is 0. The molecule has 312 valence electrons. The van der Waals surface area contributed by atoms with E-state index in [1.165, 1.54) is 42.0 Å². The lowest BCUT2D eigenvalue weighted by atomic mass is 9.34. The molecule has 2 aromatic carbocycles. The minimum Gasteiger partial charge on any atom is -0.504 e. The summed E-state index contributed by atoms with van der Waals surface area (Å²) in [6, 6.07) is 8.73. The average molecular weight is 797 g/mol. The number of carboxylic acid groups (broad SMARTS) is 1. The zero-order chi connectivity index (χ0) is 42.0. The summed E-state index contributed by atoms with van der Waals surface area (Å²) < 4.78 is 12.5. The number of hydrogen-bond acceptors (Lipinski definition) is 9. The standard InChI is InChI=1S/C48H60O10/c1-44(2)25-31-30(32(26-44)43(55)56)17-22-48(27-57-41(53)15-9-28-7-12-34(49)36(51)23-28)33(31)11-14-39-46(5)20-19-40(45(3,4)38(46)18-21-47(39,48)6)58-42(54)16-10-29-8-13-35(50)37(52)24-29/h7-13,15-16,23-24,30-32,38-40,49-52H,14,17-22,25-27H2,1-6H3,(H,55,56). The Morgan fingerprint density at radius 1 is 0.741 bits per heavy atom. The third kappa shape index (κ3) is 7.08. The van der Waals surface area contributed by atoms with E-state index in [0.717, 1.165) is 44.9 Å². The third-order valence-electron chi connectivity index (χ3n) is 15.9. The fourth-order valence-electron chi connectivity index (χ4n) is 13.2. The van der Waals surface area contributed by atoms with Gasteiger partial charge in [-0.2, -0.15) is 0 Å². The predicted molar refractivity (Wildman–Crippen MR) is 219 cm³/mol. The highest BCUT2D eigenvalue weighted by atomic mass is 16.5. The van der Waals surface area contributed by atoms with E-state index in [2.05, 4.69) is 47.6 Å². The van der Waals surface area contributed by atoms with Crippen LogP contribution in [-0.4, -0.2) is 56.2 Å². The molecule has 10 heteroatoms. The first-order valence-electron chi connectivity index (χ1n) is 20.9. The van der Waals surface area contributed by atoms with E-state index in [1.807, 2.05) is 0 Å². The lowest BCUT2D eigenvalue weighted by molar-refractivity contribution is -0.218. The summed E-state index contributed by atoms with van der Waals surface area (Å²) in [5, 5.41) is 49.7. The highest BCUT2D eigenvalue weighted by Gasteiger charge is 2.69. The van der Waals surface area contributed by atoms with Gasteiger partial charge in [0.15, 0.2) is 23.0 Å². The zero-order valence-corrected chi connectivity index (χ0v) is 34.7. The summed E-state index contributed by atoms with van der Waals surface area (Å²) in [5.41, 5.74) is 1.00. The van der Waals surface area contributed by atoms with Crippen molar-refractivity contribution >= 4 is 30.1 Å².